The lowest BCUT2D eigenvalue weighted by atomic mass is 9.98. The Labute approximate surface area is 210 Å². The Morgan fingerprint density at radius 1 is 0.944 bits per heavy atom. The fourth-order valence-electron chi connectivity index (χ4n) is 4.79. The summed E-state index contributed by atoms with van der Waals surface area (Å²) >= 11 is 0. The van der Waals surface area contributed by atoms with Gasteiger partial charge in [-0.3, -0.25) is 14.5 Å². The van der Waals surface area contributed by atoms with Gasteiger partial charge in [0.1, 0.15) is 12.6 Å². The average Bonchev–Trinajstić information content (AvgIpc) is 3.17. The van der Waals surface area contributed by atoms with Gasteiger partial charge in [0.25, 0.3) is 0 Å². The summed E-state index contributed by atoms with van der Waals surface area (Å²) in [5.41, 5.74) is 12.9. The molecule has 0 bridgehead atoms. The molecule has 0 radical (unpaired) electrons. The van der Waals surface area contributed by atoms with Gasteiger partial charge in [-0.05, 0) is 59.2 Å². The molecular weight excluding hydrogens is 456 g/mol. The molecule has 0 aliphatic heterocycles. The maximum absolute atomic E-state index is 13.4. The second-order valence-corrected chi connectivity index (χ2v) is 9.20. The molecule has 1 atom stereocenters. The number of rotatable bonds is 9. The van der Waals surface area contributed by atoms with Crippen LogP contribution in [-0.4, -0.2) is 40.6 Å². The highest BCUT2D eigenvalue weighted by Gasteiger charge is 2.33. The van der Waals surface area contributed by atoms with Crippen LogP contribution in [0, 0.1) is 13.8 Å². The number of carboxylic acids is 1. The number of aryl methyl sites for hydroxylation is 2. The van der Waals surface area contributed by atoms with Crippen LogP contribution in [0.25, 0.3) is 11.1 Å². The van der Waals surface area contributed by atoms with Crippen molar-refractivity contribution >= 4 is 18.0 Å². The molecule has 3 N–H and O–H groups in total. The molecule has 1 aliphatic rings. The average molecular weight is 487 g/mol. The molecule has 0 unspecified atom stereocenters. The van der Waals surface area contributed by atoms with Crippen molar-refractivity contribution in [2.45, 2.75) is 45.2 Å². The van der Waals surface area contributed by atoms with E-state index in [1.54, 1.807) is 0 Å². The number of carbonyl (C=O) groups is 3. The first-order chi connectivity index (χ1) is 17.3. The van der Waals surface area contributed by atoms with Gasteiger partial charge in [-0.25, -0.2) is 4.79 Å². The lowest BCUT2D eigenvalue weighted by Gasteiger charge is -2.29. The number of fused-ring (bicyclic) bond motifs is 3. The quantitative estimate of drug-likeness (QED) is 0.453. The number of hydrogen-bond donors (Lipinski definition) is 2. The highest BCUT2D eigenvalue weighted by atomic mass is 16.6. The number of aliphatic carboxylic acids is 1. The minimum Gasteiger partial charge on any atom is -0.481 e. The van der Waals surface area contributed by atoms with Crippen molar-refractivity contribution in [1.29, 1.82) is 0 Å². The van der Waals surface area contributed by atoms with Crippen LogP contribution in [0.4, 0.5) is 4.79 Å². The lowest BCUT2D eigenvalue weighted by Crippen LogP contribution is -2.48. The maximum atomic E-state index is 13.4. The van der Waals surface area contributed by atoms with E-state index < -0.39 is 24.0 Å². The predicted octanol–water partition coefficient (Wildman–Crippen LogP) is 4.77. The van der Waals surface area contributed by atoms with Crippen LogP contribution in [0.5, 0.6) is 0 Å². The summed E-state index contributed by atoms with van der Waals surface area (Å²) in [4.78, 5) is 38.2. The van der Waals surface area contributed by atoms with Gasteiger partial charge < -0.3 is 15.6 Å². The van der Waals surface area contributed by atoms with E-state index in [1.165, 1.54) is 4.90 Å². The third-order valence-corrected chi connectivity index (χ3v) is 6.83. The highest BCUT2D eigenvalue weighted by molar-refractivity contribution is 5.85. The van der Waals surface area contributed by atoms with Crippen LogP contribution in [0.3, 0.4) is 0 Å². The summed E-state index contributed by atoms with van der Waals surface area (Å²) in [6.07, 6.45) is -1.10. The second kappa shape index (κ2) is 10.6. The molecule has 36 heavy (non-hydrogen) atoms. The molecule has 7 heteroatoms. The highest BCUT2D eigenvalue weighted by Crippen LogP contribution is 2.44. The van der Waals surface area contributed by atoms with Gasteiger partial charge in [0.15, 0.2) is 0 Å². The molecule has 0 heterocycles. The summed E-state index contributed by atoms with van der Waals surface area (Å²) < 4.78 is 5.80. The van der Waals surface area contributed by atoms with E-state index in [2.05, 4.69) is 12.1 Å². The molecule has 1 aliphatic carbocycles. The summed E-state index contributed by atoms with van der Waals surface area (Å²) in [6.45, 7) is 4.11. The topological polar surface area (TPSA) is 110 Å². The number of nitrogens with two attached hydrogens (primary N) is 1. The van der Waals surface area contributed by atoms with Crippen LogP contribution in [-0.2, 0) is 20.9 Å². The molecule has 0 spiro atoms. The van der Waals surface area contributed by atoms with Crippen LogP contribution < -0.4 is 5.73 Å². The summed E-state index contributed by atoms with van der Waals surface area (Å²) in [5, 5.41) is 9.17. The lowest BCUT2D eigenvalue weighted by molar-refractivity contribution is -0.137. The van der Waals surface area contributed by atoms with Crippen molar-refractivity contribution in [3.05, 3.63) is 94.5 Å². The van der Waals surface area contributed by atoms with Crippen LogP contribution in [0.1, 0.15) is 46.6 Å². The minimum absolute atomic E-state index is 0.0744. The third kappa shape index (κ3) is 5.25. The largest absolute Gasteiger partial charge is 0.481 e. The fourth-order valence-corrected chi connectivity index (χ4v) is 4.79. The molecule has 0 fully saturated rings. The molecule has 2 amide bonds. The van der Waals surface area contributed by atoms with E-state index in [0.29, 0.717) is 0 Å². The van der Waals surface area contributed by atoms with Crippen molar-refractivity contribution in [2.75, 3.05) is 6.61 Å². The van der Waals surface area contributed by atoms with Gasteiger partial charge in [-0.2, -0.15) is 0 Å². The first-order valence-electron chi connectivity index (χ1n) is 11.9. The van der Waals surface area contributed by atoms with Crippen molar-refractivity contribution in [1.82, 2.24) is 4.90 Å². The maximum Gasteiger partial charge on any atom is 0.410 e. The molecule has 186 valence electrons. The van der Waals surface area contributed by atoms with Crippen molar-refractivity contribution < 1.29 is 24.2 Å². The van der Waals surface area contributed by atoms with E-state index >= 15 is 0 Å². The van der Waals surface area contributed by atoms with Gasteiger partial charge in [0.2, 0.25) is 5.91 Å². The Hall–Kier alpha value is -4.13. The molecule has 3 aromatic carbocycles. The van der Waals surface area contributed by atoms with Gasteiger partial charge >= 0.3 is 12.1 Å². The summed E-state index contributed by atoms with van der Waals surface area (Å²) in [5.74, 6) is -1.98. The molecule has 0 aromatic heterocycles. The standard InChI is InChI=1S/C29H30N2O5/c1-18-11-12-20(15-19(18)2)16-31(26(28(30)34)13-14-27(32)33)29(35)36-17-25-23-9-5-3-7-21(23)22-8-4-6-10-24(22)25/h3-12,15,25-26H,13-14,16-17H2,1-2H3,(H2,30,34)(H,32,33)/t26-/m0/s1. The van der Waals surface area contributed by atoms with E-state index in [4.69, 9.17) is 15.6 Å². The monoisotopic (exact) mass is 486 g/mol. The fraction of sp³-hybridized carbons (Fsp3) is 0.276. The first-order valence-corrected chi connectivity index (χ1v) is 11.9. The first kappa shape index (κ1) is 25.0. The van der Waals surface area contributed by atoms with Crippen molar-refractivity contribution in [2.24, 2.45) is 5.73 Å². The number of nitrogens with zero attached hydrogens (tertiary/aromatic N) is 1. The minimum atomic E-state index is -1.11. The second-order valence-electron chi connectivity index (χ2n) is 9.20. The van der Waals surface area contributed by atoms with E-state index in [0.717, 1.165) is 38.9 Å². The number of hydrogen-bond acceptors (Lipinski definition) is 4. The Morgan fingerprint density at radius 2 is 1.56 bits per heavy atom. The number of amides is 2. The predicted molar refractivity (Wildman–Crippen MR) is 136 cm³/mol. The van der Waals surface area contributed by atoms with Crippen molar-refractivity contribution in [3.63, 3.8) is 0 Å². The van der Waals surface area contributed by atoms with Crippen LogP contribution >= 0.6 is 0 Å². The van der Waals surface area contributed by atoms with Gasteiger partial charge in [0.05, 0.1) is 0 Å². The Kier molecular flexibility index (Phi) is 7.38. The normalized spacial score (nSPS) is 12.9. The molecule has 0 saturated heterocycles. The van der Waals surface area contributed by atoms with Gasteiger partial charge in [-0.15, -0.1) is 0 Å². The summed E-state index contributed by atoms with van der Waals surface area (Å²) in [6, 6.07) is 20.7. The smallest absolute Gasteiger partial charge is 0.410 e. The Bertz CT molecular complexity index is 1260. The van der Waals surface area contributed by atoms with E-state index in [1.807, 2.05) is 68.4 Å². The zero-order valence-corrected chi connectivity index (χ0v) is 20.4. The number of primary amides is 1. The SMILES string of the molecule is Cc1ccc(CN(C(=O)OCC2c3ccccc3-c3ccccc32)[C@@H](CCC(=O)O)C(N)=O)cc1C. The van der Waals surface area contributed by atoms with Gasteiger partial charge in [-0.1, -0.05) is 66.7 Å². The zero-order valence-electron chi connectivity index (χ0n) is 20.4. The van der Waals surface area contributed by atoms with Crippen molar-refractivity contribution in [3.8, 4) is 11.1 Å². The number of ether oxygens (including phenoxy) is 1. The molecule has 3 aromatic rings. The van der Waals surface area contributed by atoms with Crippen LogP contribution in [0.2, 0.25) is 0 Å². The number of carboxylic acid groups (broad SMARTS) is 1. The van der Waals surface area contributed by atoms with E-state index in [9.17, 15) is 14.4 Å². The number of carbonyl (C=O) groups excluding carboxylic acids is 2. The molecule has 7 nitrogen and oxygen atoms in total. The third-order valence-electron chi connectivity index (χ3n) is 6.83. The Morgan fingerprint density at radius 3 is 2.11 bits per heavy atom. The number of benzene rings is 3. The van der Waals surface area contributed by atoms with Gasteiger partial charge in [0, 0.05) is 18.9 Å². The molecule has 0 saturated carbocycles. The van der Waals surface area contributed by atoms with E-state index in [-0.39, 0.29) is 31.9 Å². The molecular formula is C29H30N2O5. The summed E-state index contributed by atoms with van der Waals surface area (Å²) in [7, 11) is 0. The molecule has 4 rings (SSSR count). The Balaban J connectivity index is 1.59. The zero-order chi connectivity index (χ0) is 25.8. The van der Waals surface area contributed by atoms with Crippen LogP contribution in [0.15, 0.2) is 66.7 Å².